The standard InChI is InChI=1S/C16H25NO7P2/c1-14(11-12-23-26(21,22)24-25(18,19)20)7-6-8-15(2)13-17-16-9-4-3-5-10-16/h3-5,8-11,17H,6-7,12-13H2,1-2H3,(H,21,22)(H2,18,19,20)/p-2/b14-11+,15-8+. The molecule has 0 aliphatic carbocycles. The maximum Gasteiger partial charge on any atom is 0.476 e. The van der Waals surface area contributed by atoms with Crippen LogP contribution >= 0.6 is 15.6 Å². The summed E-state index contributed by atoms with van der Waals surface area (Å²) >= 11 is 0. The van der Waals surface area contributed by atoms with E-state index in [4.69, 9.17) is 4.89 Å². The summed E-state index contributed by atoms with van der Waals surface area (Å²) in [6.07, 6.45) is 5.08. The number of hydrogen-bond donors (Lipinski definition) is 2. The van der Waals surface area contributed by atoms with Crippen molar-refractivity contribution >= 4 is 21.3 Å². The minimum absolute atomic E-state index is 0.335. The van der Waals surface area contributed by atoms with Gasteiger partial charge in [0.05, 0.1) is 14.4 Å². The molecule has 1 atom stereocenters. The van der Waals surface area contributed by atoms with Crippen molar-refractivity contribution in [2.45, 2.75) is 26.7 Å². The van der Waals surface area contributed by atoms with E-state index in [2.05, 4.69) is 20.2 Å². The van der Waals surface area contributed by atoms with Crippen molar-refractivity contribution in [3.05, 3.63) is 53.6 Å². The molecule has 8 nitrogen and oxygen atoms in total. The Morgan fingerprint density at radius 2 is 1.81 bits per heavy atom. The van der Waals surface area contributed by atoms with Crippen molar-refractivity contribution in [3.63, 3.8) is 0 Å². The highest BCUT2D eigenvalue weighted by Gasteiger charge is 2.22. The van der Waals surface area contributed by atoms with E-state index in [1.54, 1.807) is 0 Å². The van der Waals surface area contributed by atoms with Crippen molar-refractivity contribution < 1.29 is 32.6 Å². The van der Waals surface area contributed by atoms with Crippen LogP contribution in [0.1, 0.15) is 26.7 Å². The van der Waals surface area contributed by atoms with Crippen molar-refractivity contribution in [2.24, 2.45) is 0 Å². The van der Waals surface area contributed by atoms with Crippen LogP contribution in [0, 0.1) is 0 Å². The van der Waals surface area contributed by atoms with Crippen LogP contribution < -0.4 is 15.1 Å². The Bertz CT molecular complexity index is 713. The van der Waals surface area contributed by atoms with E-state index in [1.807, 2.05) is 44.2 Å². The molecule has 0 bridgehead atoms. The second-order valence-corrected chi connectivity index (χ2v) is 8.40. The van der Waals surface area contributed by atoms with Gasteiger partial charge in [0.15, 0.2) is 0 Å². The number of nitrogens with one attached hydrogen (secondary N) is 1. The number of benzene rings is 1. The first-order valence-corrected chi connectivity index (χ1v) is 10.8. The lowest BCUT2D eigenvalue weighted by atomic mass is 10.1. The summed E-state index contributed by atoms with van der Waals surface area (Å²) in [4.78, 5) is 29.7. The molecule has 2 N–H and O–H groups in total. The Morgan fingerprint density at radius 1 is 1.15 bits per heavy atom. The van der Waals surface area contributed by atoms with Gasteiger partial charge < -0.3 is 24.6 Å². The van der Waals surface area contributed by atoms with Crippen molar-refractivity contribution in [2.75, 3.05) is 18.5 Å². The maximum atomic E-state index is 11.2. The zero-order valence-electron chi connectivity index (χ0n) is 14.7. The summed E-state index contributed by atoms with van der Waals surface area (Å²) in [6, 6.07) is 9.85. The van der Waals surface area contributed by atoms with Gasteiger partial charge in [0.25, 0.3) is 0 Å². The van der Waals surface area contributed by atoms with E-state index in [0.717, 1.165) is 24.2 Å². The number of allylic oxidation sites excluding steroid dienone is 2. The van der Waals surface area contributed by atoms with E-state index in [1.165, 1.54) is 11.6 Å². The Kier molecular flexibility index (Phi) is 9.47. The third kappa shape index (κ3) is 11.4. The molecule has 0 aromatic heterocycles. The zero-order valence-corrected chi connectivity index (χ0v) is 16.4. The maximum absolute atomic E-state index is 11.2. The fourth-order valence-electron chi connectivity index (χ4n) is 1.94. The van der Waals surface area contributed by atoms with E-state index in [0.29, 0.717) is 6.42 Å². The number of anilines is 1. The number of hydrogen-bond acceptors (Lipinski definition) is 7. The summed E-state index contributed by atoms with van der Waals surface area (Å²) in [5.41, 5.74) is 3.11. The molecule has 1 aromatic carbocycles. The van der Waals surface area contributed by atoms with Crippen LogP contribution in [0.2, 0.25) is 0 Å². The molecule has 26 heavy (non-hydrogen) atoms. The predicted octanol–water partition coefficient (Wildman–Crippen LogP) is 2.73. The molecule has 0 aliphatic rings. The van der Waals surface area contributed by atoms with E-state index in [-0.39, 0.29) is 6.61 Å². The first kappa shape index (κ1) is 22.8. The minimum atomic E-state index is -5.58. The number of phosphoric ester groups is 1. The highest BCUT2D eigenvalue weighted by molar-refractivity contribution is 7.59. The van der Waals surface area contributed by atoms with Crippen molar-refractivity contribution in [3.8, 4) is 0 Å². The van der Waals surface area contributed by atoms with Gasteiger partial charge in [-0.25, -0.2) is 4.57 Å². The summed E-state index contributed by atoms with van der Waals surface area (Å²) in [5, 5.41) is 3.30. The van der Waals surface area contributed by atoms with Gasteiger partial charge in [0.2, 0.25) is 0 Å². The molecule has 0 radical (unpaired) electrons. The fraction of sp³-hybridized carbons (Fsp3) is 0.375. The second kappa shape index (κ2) is 10.8. The summed E-state index contributed by atoms with van der Waals surface area (Å²) in [5.74, 6) is 0. The molecule has 0 saturated heterocycles. The topological polar surface area (TPSA) is 131 Å². The Morgan fingerprint density at radius 3 is 2.42 bits per heavy atom. The minimum Gasteiger partial charge on any atom is -0.789 e. The van der Waals surface area contributed by atoms with Crippen LogP contribution in [0.4, 0.5) is 5.69 Å². The van der Waals surface area contributed by atoms with Crippen LogP contribution in [0.25, 0.3) is 0 Å². The summed E-state index contributed by atoms with van der Waals surface area (Å²) in [6.45, 7) is 4.22. The van der Waals surface area contributed by atoms with Gasteiger partial charge in [-0.2, -0.15) is 0 Å². The van der Waals surface area contributed by atoms with Crippen LogP contribution in [-0.2, 0) is 18.0 Å². The molecule has 0 aliphatic heterocycles. The van der Waals surface area contributed by atoms with E-state index in [9.17, 15) is 18.9 Å². The van der Waals surface area contributed by atoms with Gasteiger partial charge in [0.1, 0.15) is 0 Å². The van der Waals surface area contributed by atoms with Gasteiger partial charge in [-0.3, -0.25) is 8.83 Å². The van der Waals surface area contributed by atoms with Gasteiger partial charge in [-0.05, 0) is 38.8 Å². The SMILES string of the molecule is C/C(=C\COP(=O)(O)OP(=O)([O-])[O-])CC/C=C(\C)CNc1ccccc1. The lowest BCUT2D eigenvalue weighted by Crippen LogP contribution is -2.15. The van der Waals surface area contributed by atoms with Crippen LogP contribution in [0.3, 0.4) is 0 Å². The average Bonchev–Trinajstić information content (AvgIpc) is 2.51. The fourth-order valence-corrected chi connectivity index (χ4v) is 3.40. The molecule has 0 saturated carbocycles. The Hall–Kier alpha value is -1.24. The van der Waals surface area contributed by atoms with E-state index >= 15 is 0 Å². The first-order chi connectivity index (χ1) is 12.1. The van der Waals surface area contributed by atoms with E-state index < -0.39 is 15.6 Å². The summed E-state index contributed by atoms with van der Waals surface area (Å²) in [7, 11) is -10.5. The average molecular weight is 403 g/mol. The van der Waals surface area contributed by atoms with Gasteiger partial charge in [0, 0.05) is 12.2 Å². The van der Waals surface area contributed by atoms with Gasteiger partial charge >= 0.3 is 7.82 Å². The Balaban J connectivity index is 2.31. The third-order valence-electron chi connectivity index (χ3n) is 3.25. The highest BCUT2D eigenvalue weighted by Crippen LogP contribution is 2.53. The summed E-state index contributed by atoms with van der Waals surface area (Å²) < 4.78 is 29.4. The molecular weight excluding hydrogens is 380 g/mol. The molecular formula is C16H23NO7P2-2. The largest absolute Gasteiger partial charge is 0.789 e. The normalized spacial score (nSPS) is 15.6. The monoisotopic (exact) mass is 403 g/mol. The number of rotatable bonds is 11. The van der Waals surface area contributed by atoms with Gasteiger partial charge in [-0.15, -0.1) is 0 Å². The predicted molar refractivity (Wildman–Crippen MR) is 96.1 cm³/mol. The van der Waals surface area contributed by atoms with Crippen LogP contribution in [-0.4, -0.2) is 18.0 Å². The molecule has 0 heterocycles. The molecule has 0 fully saturated rings. The quantitative estimate of drug-likeness (QED) is 0.426. The molecule has 0 amide bonds. The van der Waals surface area contributed by atoms with Crippen LogP contribution in [0.15, 0.2) is 53.6 Å². The lowest BCUT2D eigenvalue weighted by molar-refractivity contribution is -0.334. The first-order valence-electron chi connectivity index (χ1n) is 7.88. The third-order valence-corrected chi connectivity index (χ3v) is 5.35. The molecule has 1 aromatic rings. The smallest absolute Gasteiger partial charge is 0.476 e. The Labute approximate surface area is 153 Å². The molecule has 146 valence electrons. The van der Waals surface area contributed by atoms with Gasteiger partial charge in [-0.1, -0.05) is 41.5 Å². The molecule has 10 heteroatoms. The van der Waals surface area contributed by atoms with Crippen molar-refractivity contribution in [1.82, 2.24) is 0 Å². The highest BCUT2D eigenvalue weighted by atomic mass is 31.3. The molecule has 1 rings (SSSR count). The second-order valence-electron chi connectivity index (χ2n) is 5.65. The molecule has 0 spiro atoms. The number of phosphoric acid groups is 2. The van der Waals surface area contributed by atoms with Crippen LogP contribution in [0.5, 0.6) is 0 Å². The lowest BCUT2D eigenvalue weighted by Gasteiger charge is -2.29. The number of para-hydroxylation sites is 1. The van der Waals surface area contributed by atoms with Crippen molar-refractivity contribution in [1.29, 1.82) is 0 Å². The zero-order chi connectivity index (χ0) is 19.6. The molecule has 1 unspecified atom stereocenters.